The molecule has 1 aromatic carbocycles. The first-order valence-corrected chi connectivity index (χ1v) is 10.7. The number of rotatable bonds is 3. The van der Waals surface area contributed by atoms with Crippen LogP contribution in [0.25, 0.3) is 10.2 Å². The van der Waals surface area contributed by atoms with Gasteiger partial charge in [0.05, 0.1) is 15.2 Å². The maximum absolute atomic E-state index is 12.6. The minimum Gasteiger partial charge on any atom is -0.241 e. The van der Waals surface area contributed by atoms with E-state index >= 15 is 0 Å². The number of hydrogen-bond acceptors (Lipinski definition) is 5. The van der Waals surface area contributed by atoms with Crippen molar-refractivity contribution in [1.82, 2.24) is 9.29 Å². The Morgan fingerprint density at radius 1 is 1.09 bits per heavy atom. The van der Waals surface area contributed by atoms with Crippen LogP contribution in [0, 0.1) is 0 Å². The molecule has 1 saturated heterocycles. The van der Waals surface area contributed by atoms with Gasteiger partial charge in [-0.15, -0.1) is 22.7 Å². The van der Waals surface area contributed by atoms with E-state index in [1.54, 1.807) is 33.2 Å². The molecule has 0 saturated carbocycles. The van der Waals surface area contributed by atoms with Gasteiger partial charge in [-0.2, -0.15) is 4.31 Å². The Morgan fingerprint density at radius 3 is 2.57 bits per heavy atom. The number of sulfonamides is 1. The van der Waals surface area contributed by atoms with Gasteiger partial charge in [0.2, 0.25) is 0 Å². The zero-order chi connectivity index (χ0) is 15.9. The van der Waals surface area contributed by atoms with E-state index in [0.717, 1.165) is 23.4 Å². The van der Waals surface area contributed by atoms with Crippen molar-refractivity contribution in [1.29, 1.82) is 0 Å². The Hall–Kier alpha value is -1.28. The van der Waals surface area contributed by atoms with Gasteiger partial charge in [0.15, 0.2) is 0 Å². The zero-order valence-electron chi connectivity index (χ0n) is 12.4. The molecule has 3 heterocycles. The molecule has 0 spiro atoms. The number of nitrogens with zero attached hydrogens (tertiary/aromatic N) is 2. The lowest BCUT2D eigenvalue weighted by atomic mass is 9.99. The Labute approximate surface area is 143 Å². The monoisotopic (exact) mass is 364 g/mol. The molecule has 0 radical (unpaired) electrons. The number of aromatic nitrogens is 1. The Kier molecular flexibility index (Phi) is 3.96. The zero-order valence-corrected chi connectivity index (χ0v) is 14.8. The van der Waals surface area contributed by atoms with Gasteiger partial charge in [-0.3, -0.25) is 0 Å². The minimum atomic E-state index is -3.31. The smallest absolute Gasteiger partial charge is 0.241 e. The minimum absolute atomic E-state index is 0.363. The second-order valence-corrected chi connectivity index (χ2v) is 9.80. The largest absolute Gasteiger partial charge is 0.252 e. The van der Waals surface area contributed by atoms with E-state index in [1.165, 1.54) is 16.0 Å². The van der Waals surface area contributed by atoms with Gasteiger partial charge in [0, 0.05) is 19.0 Å². The van der Waals surface area contributed by atoms with Crippen LogP contribution in [0.1, 0.15) is 23.8 Å². The molecule has 0 aliphatic carbocycles. The molecule has 23 heavy (non-hydrogen) atoms. The van der Waals surface area contributed by atoms with E-state index in [1.807, 2.05) is 18.2 Å². The summed E-state index contributed by atoms with van der Waals surface area (Å²) in [6, 6.07) is 11.6. The molecule has 120 valence electrons. The molecule has 4 rings (SSSR count). The molecule has 1 fully saturated rings. The lowest BCUT2D eigenvalue weighted by Crippen LogP contribution is -2.37. The molecule has 0 amide bonds. The number of piperidine rings is 1. The van der Waals surface area contributed by atoms with Gasteiger partial charge in [-0.25, -0.2) is 13.4 Å². The van der Waals surface area contributed by atoms with Crippen LogP contribution >= 0.6 is 22.7 Å². The Balaban J connectivity index is 1.51. The summed E-state index contributed by atoms with van der Waals surface area (Å²) in [6.45, 7) is 1.14. The van der Waals surface area contributed by atoms with Crippen LogP contribution in [0.3, 0.4) is 0 Å². The third kappa shape index (κ3) is 2.82. The molecule has 0 atom stereocenters. The van der Waals surface area contributed by atoms with Gasteiger partial charge in [-0.05, 0) is 36.4 Å². The number of para-hydroxylation sites is 1. The molecule has 0 unspecified atom stereocenters. The highest BCUT2D eigenvalue weighted by molar-refractivity contribution is 7.91. The third-order valence-electron chi connectivity index (χ3n) is 4.20. The summed E-state index contributed by atoms with van der Waals surface area (Å²) < 4.78 is 28.4. The van der Waals surface area contributed by atoms with Gasteiger partial charge < -0.3 is 0 Å². The molecular weight excluding hydrogens is 348 g/mol. The van der Waals surface area contributed by atoms with Crippen LogP contribution in [0.15, 0.2) is 46.0 Å². The number of benzene rings is 1. The van der Waals surface area contributed by atoms with Crippen molar-refractivity contribution in [2.24, 2.45) is 0 Å². The van der Waals surface area contributed by atoms with Gasteiger partial charge in [0.25, 0.3) is 10.0 Å². The summed E-state index contributed by atoms with van der Waals surface area (Å²) in [5, 5.41) is 2.94. The Morgan fingerprint density at radius 2 is 1.87 bits per heavy atom. The highest BCUT2D eigenvalue weighted by Crippen LogP contribution is 2.35. The highest BCUT2D eigenvalue weighted by Gasteiger charge is 2.31. The molecule has 0 N–H and O–H groups in total. The van der Waals surface area contributed by atoms with E-state index < -0.39 is 10.0 Å². The number of thiazole rings is 1. The summed E-state index contributed by atoms with van der Waals surface area (Å²) >= 11 is 3.02. The van der Waals surface area contributed by atoms with Crippen molar-refractivity contribution in [2.75, 3.05) is 13.1 Å². The summed E-state index contributed by atoms with van der Waals surface area (Å²) in [4.78, 5) is 4.73. The van der Waals surface area contributed by atoms with Crippen molar-refractivity contribution >= 4 is 42.9 Å². The van der Waals surface area contributed by atoms with E-state index in [2.05, 4.69) is 6.07 Å². The lowest BCUT2D eigenvalue weighted by Gasteiger charge is -2.29. The number of fused-ring (bicyclic) bond motifs is 1. The van der Waals surface area contributed by atoms with Crippen LogP contribution in [0.2, 0.25) is 0 Å². The first-order chi connectivity index (χ1) is 11.1. The normalized spacial score (nSPS) is 17.7. The standard InChI is InChI=1S/C16H16N2O2S3/c19-23(20,15-6-3-11-21-15)18-9-7-12(8-10-18)16-17-13-4-1-2-5-14(13)22-16/h1-6,11-12H,7-10H2. The van der Waals surface area contributed by atoms with Crippen molar-refractivity contribution in [3.05, 3.63) is 46.8 Å². The highest BCUT2D eigenvalue weighted by atomic mass is 32.2. The fraction of sp³-hybridized carbons (Fsp3) is 0.312. The molecule has 2 aromatic heterocycles. The van der Waals surface area contributed by atoms with Crippen LogP contribution < -0.4 is 0 Å². The van der Waals surface area contributed by atoms with Crippen molar-refractivity contribution in [3.8, 4) is 0 Å². The summed E-state index contributed by atoms with van der Waals surface area (Å²) in [6.07, 6.45) is 1.68. The topological polar surface area (TPSA) is 50.3 Å². The van der Waals surface area contributed by atoms with E-state index in [-0.39, 0.29) is 0 Å². The Bertz CT molecular complexity index is 875. The summed E-state index contributed by atoms with van der Waals surface area (Å²) in [7, 11) is -3.31. The molecule has 7 heteroatoms. The first-order valence-electron chi connectivity index (χ1n) is 7.54. The summed E-state index contributed by atoms with van der Waals surface area (Å²) in [5.74, 6) is 0.363. The average Bonchev–Trinajstić information content (AvgIpc) is 3.24. The predicted molar refractivity (Wildman–Crippen MR) is 94.7 cm³/mol. The van der Waals surface area contributed by atoms with E-state index in [0.29, 0.717) is 23.2 Å². The molecule has 0 bridgehead atoms. The fourth-order valence-corrected chi connectivity index (χ4v) is 6.70. The molecule has 3 aromatic rings. The van der Waals surface area contributed by atoms with Crippen molar-refractivity contribution in [3.63, 3.8) is 0 Å². The van der Waals surface area contributed by atoms with E-state index in [4.69, 9.17) is 4.98 Å². The van der Waals surface area contributed by atoms with Crippen molar-refractivity contribution < 1.29 is 8.42 Å². The second-order valence-electron chi connectivity index (χ2n) is 5.63. The fourth-order valence-electron chi connectivity index (χ4n) is 2.95. The second kappa shape index (κ2) is 5.98. The maximum Gasteiger partial charge on any atom is 0.252 e. The summed E-state index contributed by atoms with van der Waals surface area (Å²) in [5.41, 5.74) is 1.04. The van der Waals surface area contributed by atoms with Gasteiger partial charge in [0.1, 0.15) is 4.21 Å². The van der Waals surface area contributed by atoms with Gasteiger partial charge >= 0.3 is 0 Å². The van der Waals surface area contributed by atoms with Crippen LogP contribution in [0.4, 0.5) is 0 Å². The first kappa shape index (κ1) is 15.3. The lowest BCUT2D eigenvalue weighted by molar-refractivity contribution is 0.320. The molecule has 1 aliphatic heterocycles. The van der Waals surface area contributed by atoms with Crippen LogP contribution in [0.5, 0.6) is 0 Å². The number of thiophene rings is 1. The van der Waals surface area contributed by atoms with Crippen molar-refractivity contribution in [2.45, 2.75) is 23.0 Å². The average molecular weight is 365 g/mol. The molecular formula is C16H16N2O2S3. The number of hydrogen-bond donors (Lipinski definition) is 0. The SMILES string of the molecule is O=S(=O)(c1cccs1)N1CCC(c2nc3ccccc3s2)CC1. The van der Waals surface area contributed by atoms with Crippen LogP contribution in [-0.4, -0.2) is 30.8 Å². The van der Waals surface area contributed by atoms with Gasteiger partial charge in [-0.1, -0.05) is 18.2 Å². The molecule has 1 aliphatic rings. The van der Waals surface area contributed by atoms with Crippen LogP contribution in [-0.2, 0) is 10.0 Å². The molecule has 4 nitrogen and oxygen atoms in total. The quantitative estimate of drug-likeness (QED) is 0.708. The third-order valence-corrected chi connectivity index (χ3v) is 8.67. The maximum atomic E-state index is 12.6. The van der Waals surface area contributed by atoms with E-state index in [9.17, 15) is 8.42 Å². The predicted octanol–water partition coefficient (Wildman–Crippen LogP) is 3.93.